The standard InChI is InChI=1S/C26H34N2O7/c1-5-14-27(17-8-10-18(33-4)11-9-17)23(31)21-26-13-12-25(3,35-26)20(24(32)34-6-2)19(26)22(30)28(21)15-7-16-29/h5,8-11,19-21,29H,1,6-7,12-16H2,2-4H3/t19-,20+,21?,25-,26?/m0/s1. The van der Waals surface area contributed by atoms with Crippen LogP contribution in [0.5, 0.6) is 5.75 Å². The van der Waals surface area contributed by atoms with E-state index in [-0.39, 0.29) is 38.1 Å². The second-order valence-corrected chi connectivity index (χ2v) is 9.52. The van der Waals surface area contributed by atoms with E-state index in [4.69, 9.17) is 14.2 Å². The molecule has 9 heteroatoms. The van der Waals surface area contributed by atoms with Gasteiger partial charge in [0.25, 0.3) is 5.91 Å². The number of hydrogen-bond donors (Lipinski definition) is 1. The number of carbonyl (C=O) groups excluding carboxylic acids is 3. The topological polar surface area (TPSA) is 106 Å². The smallest absolute Gasteiger partial charge is 0.312 e. The molecule has 0 saturated carbocycles. The molecule has 0 aromatic heterocycles. The van der Waals surface area contributed by atoms with Crippen molar-refractivity contribution in [3.8, 4) is 5.75 Å². The summed E-state index contributed by atoms with van der Waals surface area (Å²) in [6, 6.07) is 6.15. The number of hydrogen-bond acceptors (Lipinski definition) is 7. The maximum absolute atomic E-state index is 14.2. The van der Waals surface area contributed by atoms with Gasteiger partial charge in [0.15, 0.2) is 0 Å². The quantitative estimate of drug-likeness (QED) is 0.398. The SMILES string of the molecule is C=CCN(C(=O)C1N(CCCO)C(=O)[C@@H]2[C@H](C(=O)OCC)[C@]3(C)CCC12O3)c1ccc(OC)cc1. The van der Waals surface area contributed by atoms with Crippen molar-refractivity contribution in [2.45, 2.75) is 50.4 Å². The number of aliphatic hydroxyl groups excluding tert-OH is 1. The number of carbonyl (C=O) groups is 3. The van der Waals surface area contributed by atoms with E-state index in [1.165, 1.54) is 4.90 Å². The summed E-state index contributed by atoms with van der Waals surface area (Å²) in [5, 5.41) is 9.48. The van der Waals surface area contributed by atoms with Crippen LogP contribution in [0.25, 0.3) is 0 Å². The van der Waals surface area contributed by atoms with Crippen molar-refractivity contribution in [3.63, 3.8) is 0 Å². The Morgan fingerprint density at radius 2 is 2.03 bits per heavy atom. The molecule has 2 amide bonds. The molecule has 2 unspecified atom stereocenters. The molecule has 1 aromatic carbocycles. The third-order valence-electron chi connectivity index (χ3n) is 7.57. The minimum absolute atomic E-state index is 0.128. The van der Waals surface area contributed by atoms with E-state index in [1.54, 1.807) is 49.3 Å². The Labute approximate surface area is 205 Å². The van der Waals surface area contributed by atoms with Crippen molar-refractivity contribution in [3.05, 3.63) is 36.9 Å². The molecular weight excluding hydrogens is 452 g/mol. The van der Waals surface area contributed by atoms with Gasteiger partial charge in [-0.3, -0.25) is 14.4 Å². The van der Waals surface area contributed by atoms with Crippen molar-refractivity contribution < 1.29 is 33.7 Å². The van der Waals surface area contributed by atoms with Gasteiger partial charge in [-0.15, -0.1) is 6.58 Å². The van der Waals surface area contributed by atoms with Gasteiger partial charge in [-0.2, -0.15) is 0 Å². The number of rotatable bonds is 10. The summed E-state index contributed by atoms with van der Waals surface area (Å²) in [5.41, 5.74) is -1.38. The number of aliphatic hydroxyl groups is 1. The Bertz CT molecular complexity index is 996. The van der Waals surface area contributed by atoms with Crippen LogP contribution in [0.3, 0.4) is 0 Å². The maximum Gasteiger partial charge on any atom is 0.312 e. The molecule has 1 aromatic rings. The van der Waals surface area contributed by atoms with Crippen molar-refractivity contribution >= 4 is 23.5 Å². The molecule has 3 aliphatic rings. The van der Waals surface area contributed by atoms with Gasteiger partial charge in [-0.1, -0.05) is 6.08 Å². The molecule has 1 spiro atoms. The number of ether oxygens (including phenoxy) is 3. The summed E-state index contributed by atoms with van der Waals surface area (Å²) >= 11 is 0. The lowest BCUT2D eigenvalue weighted by Crippen LogP contribution is -2.56. The Balaban J connectivity index is 1.77. The van der Waals surface area contributed by atoms with Gasteiger partial charge in [-0.05, 0) is 57.4 Å². The molecule has 3 aliphatic heterocycles. The molecule has 2 bridgehead atoms. The van der Waals surface area contributed by atoms with Crippen LogP contribution in [0.4, 0.5) is 5.69 Å². The summed E-state index contributed by atoms with van der Waals surface area (Å²) in [6.07, 6.45) is 2.96. The van der Waals surface area contributed by atoms with Gasteiger partial charge >= 0.3 is 5.97 Å². The number of anilines is 1. The molecule has 4 rings (SSSR count). The van der Waals surface area contributed by atoms with E-state index >= 15 is 0 Å². The minimum atomic E-state index is -1.14. The highest BCUT2D eigenvalue weighted by atomic mass is 16.6. The second-order valence-electron chi connectivity index (χ2n) is 9.52. The summed E-state index contributed by atoms with van der Waals surface area (Å²) < 4.78 is 17.1. The van der Waals surface area contributed by atoms with Gasteiger partial charge in [0.2, 0.25) is 5.91 Å². The first-order chi connectivity index (χ1) is 16.8. The largest absolute Gasteiger partial charge is 0.497 e. The highest BCUT2D eigenvalue weighted by Gasteiger charge is 2.78. The number of likely N-dealkylation sites (tertiary alicyclic amines) is 1. The Hall–Kier alpha value is -2.91. The number of benzene rings is 1. The fourth-order valence-electron chi connectivity index (χ4n) is 6.14. The lowest BCUT2D eigenvalue weighted by atomic mass is 9.66. The van der Waals surface area contributed by atoms with E-state index < -0.39 is 35.0 Å². The maximum atomic E-state index is 14.2. The average Bonchev–Trinajstić information content (AvgIpc) is 3.41. The fraction of sp³-hybridized carbons (Fsp3) is 0.577. The van der Waals surface area contributed by atoms with E-state index in [0.717, 1.165) is 0 Å². The van der Waals surface area contributed by atoms with Gasteiger partial charge in [0, 0.05) is 25.4 Å². The van der Waals surface area contributed by atoms with Crippen molar-refractivity contribution in [2.75, 3.05) is 38.3 Å². The second kappa shape index (κ2) is 9.62. The van der Waals surface area contributed by atoms with Crippen LogP contribution in [0.1, 0.15) is 33.1 Å². The van der Waals surface area contributed by atoms with Crippen LogP contribution in [-0.4, -0.2) is 78.4 Å². The zero-order chi connectivity index (χ0) is 25.4. The van der Waals surface area contributed by atoms with E-state index in [2.05, 4.69) is 6.58 Å². The highest BCUT2D eigenvalue weighted by molar-refractivity contribution is 6.04. The van der Waals surface area contributed by atoms with Gasteiger partial charge in [0.1, 0.15) is 23.3 Å². The third-order valence-corrected chi connectivity index (χ3v) is 7.57. The summed E-state index contributed by atoms with van der Waals surface area (Å²) in [5.74, 6) is -2.02. The Morgan fingerprint density at radius 1 is 1.31 bits per heavy atom. The van der Waals surface area contributed by atoms with Crippen molar-refractivity contribution in [1.29, 1.82) is 0 Å². The lowest BCUT2D eigenvalue weighted by Gasteiger charge is -2.36. The molecular formula is C26H34N2O7. The van der Waals surface area contributed by atoms with Crippen molar-refractivity contribution in [1.82, 2.24) is 4.90 Å². The first-order valence-electron chi connectivity index (χ1n) is 12.1. The molecule has 0 radical (unpaired) electrons. The number of fused-ring (bicyclic) bond motifs is 1. The van der Waals surface area contributed by atoms with E-state index in [1.807, 2.05) is 6.92 Å². The Kier molecular flexibility index (Phi) is 6.92. The van der Waals surface area contributed by atoms with E-state index in [0.29, 0.717) is 30.7 Å². The van der Waals surface area contributed by atoms with Crippen molar-refractivity contribution in [2.24, 2.45) is 11.8 Å². The van der Waals surface area contributed by atoms with Gasteiger partial charge in [0.05, 0.1) is 25.2 Å². The normalized spacial score (nSPS) is 30.8. The molecule has 3 saturated heterocycles. The molecule has 190 valence electrons. The first-order valence-corrected chi connectivity index (χ1v) is 12.1. The van der Waals surface area contributed by atoms with Crippen LogP contribution < -0.4 is 9.64 Å². The predicted octanol–water partition coefficient (Wildman–Crippen LogP) is 1.92. The molecule has 1 N–H and O–H groups in total. The summed E-state index contributed by atoms with van der Waals surface area (Å²) in [4.78, 5) is 44.1. The predicted molar refractivity (Wildman–Crippen MR) is 128 cm³/mol. The zero-order valence-electron chi connectivity index (χ0n) is 20.6. The molecule has 35 heavy (non-hydrogen) atoms. The molecule has 9 nitrogen and oxygen atoms in total. The summed E-state index contributed by atoms with van der Waals surface area (Å²) in [6.45, 7) is 7.84. The van der Waals surface area contributed by atoms with Crippen LogP contribution in [0.15, 0.2) is 36.9 Å². The average molecular weight is 487 g/mol. The zero-order valence-corrected chi connectivity index (χ0v) is 20.6. The molecule has 5 atom stereocenters. The molecule has 3 fully saturated rings. The van der Waals surface area contributed by atoms with Crippen LogP contribution in [0, 0.1) is 11.8 Å². The third kappa shape index (κ3) is 3.90. The number of esters is 1. The van der Waals surface area contributed by atoms with E-state index in [9.17, 15) is 19.5 Å². The molecule has 3 heterocycles. The Morgan fingerprint density at radius 3 is 2.63 bits per heavy atom. The van der Waals surface area contributed by atoms with Crippen LogP contribution in [-0.2, 0) is 23.9 Å². The minimum Gasteiger partial charge on any atom is -0.497 e. The fourth-order valence-corrected chi connectivity index (χ4v) is 6.14. The van der Waals surface area contributed by atoms with Crippen LogP contribution >= 0.6 is 0 Å². The number of methoxy groups -OCH3 is 1. The lowest BCUT2D eigenvalue weighted by molar-refractivity contribution is -0.159. The first kappa shape index (κ1) is 25.2. The van der Waals surface area contributed by atoms with Crippen LogP contribution in [0.2, 0.25) is 0 Å². The highest BCUT2D eigenvalue weighted by Crippen LogP contribution is 2.63. The van der Waals surface area contributed by atoms with Gasteiger partial charge in [-0.25, -0.2) is 0 Å². The number of nitrogens with zero attached hydrogens (tertiary/aromatic N) is 2. The molecule has 0 aliphatic carbocycles. The van der Waals surface area contributed by atoms with Gasteiger partial charge < -0.3 is 29.1 Å². The summed E-state index contributed by atoms with van der Waals surface area (Å²) in [7, 11) is 1.57. The number of amides is 2. The monoisotopic (exact) mass is 486 g/mol.